The first kappa shape index (κ1) is 15.4. The van der Waals surface area contributed by atoms with E-state index in [1.807, 2.05) is 0 Å². The molecule has 1 aliphatic heterocycles. The summed E-state index contributed by atoms with van der Waals surface area (Å²) in [4.78, 5) is 24.5. The van der Waals surface area contributed by atoms with Crippen LogP contribution in [0, 0.1) is 11.6 Å². The van der Waals surface area contributed by atoms with Gasteiger partial charge in [0.2, 0.25) is 5.91 Å². The van der Waals surface area contributed by atoms with Crippen molar-refractivity contribution in [3.8, 4) is 0 Å². The highest BCUT2D eigenvalue weighted by molar-refractivity contribution is 5.92. The number of rotatable bonds is 4. The number of hydrogen-bond donors (Lipinski definition) is 2. The van der Waals surface area contributed by atoms with E-state index in [0.717, 1.165) is 25.0 Å². The third-order valence-corrected chi connectivity index (χ3v) is 3.47. The van der Waals surface area contributed by atoms with Crippen LogP contribution in [-0.2, 0) is 9.59 Å². The van der Waals surface area contributed by atoms with Crippen molar-refractivity contribution in [2.24, 2.45) is 0 Å². The molecule has 7 heteroatoms. The van der Waals surface area contributed by atoms with E-state index in [1.165, 1.54) is 11.0 Å². The van der Waals surface area contributed by atoms with Crippen LogP contribution in [0.15, 0.2) is 18.2 Å². The predicted octanol–water partition coefficient (Wildman–Crippen LogP) is 1.84. The van der Waals surface area contributed by atoms with Gasteiger partial charge < -0.3 is 10.4 Å². The molecule has 1 unspecified atom stereocenters. The zero-order valence-corrected chi connectivity index (χ0v) is 11.3. The van der Waals surface area contributed by atoms with Crippen molar-refractivity contribution in [1.29, 1.82) is 0 Å². The predicted molar refractivity (Wildman–Crippen MR) is 71.8 cm³/mol. The molecule has 2 N–H and O–H groups in total. The number of para-hydroxylation sites is 1. The number of nitrogens with one attached hydrogen (secondary N) is 1. The number of carbonyl (C=O) groups is 2. The van der Waals surface area contributed by atoms with E-state index in [-0.39, 0.29) is 6.54 Å². The molecule has 1 heterocycles. The number of carboxylic acid groups (broad SMARTS) is 1. The molecule has 1 aliphatic rings. The van der Waals surface area contributed by atoms with Crippen LogP contribution in [0.4, 0.5) is 14.5 Å². The molecule has 0 radical (unpaired) electrons. The van der Waals surface area contributed by atoms with Crippen LogP contribution in [-0.4, -0.2) is 41.0 Å². The van der Waals surface area contributed by atoms with Crippen molar-refractivity contribution in [3.05, 3.63) is 29.8 Å². The number of hydrogen-bond acceptors (Lipinski definition) is 3. The van der Waals surface area contributed by atoms with Gasteiger partial charge in [0.1, 0.15) is 23.4 Å². The molecule has 0 spiro atoms. The number of nitrogens with zero attached hydrogens (tertiary/aromatic N) is 1. The monoisotopic (exact) mass is 298 g/mol. The maximum atomic E-state index is 13.4. The molecule has 114 valence electrons. The maximum absolute atomic E-state index is 13.4. The lowest BCUT2D eigenvalue weighted by Crippen LogP contribution is -2.47. The van der Waals surface area contributed by atoms with Gasteiger partial charge >= 0.3 is 5.97 Å². The Morgan fingerprint density at radius 3 is 2.57 bits per heavy atom. The van der Waals surface area contributed by atoms with Crippen LogP contribution in [0.5, 0.6) is 0 Å². The molecule has 2 rings (SSSR count). The van der Waals surface area contributed by atoms with E-state index in [2.05, 4.69) is 5.32 Å². The van der Waals surface area contributed by atoms with Crippen molar-refractivity contribution in [2.75, 3.05) is 18.4 Å². The van der Waals surface area contributed by atoms with Crippen LogP contribution in [0.1, 0.15) is 19.3 Å². The highest BCUT2D eigenvalue weighted by Crippen LogP contribution is 2.19. The fraction of sp³-hybridized carbons (Fsp3) is 0.429. The molecule has 1 saturated heterocycles. The number of aliphatic carboxylic acids is 1. The SMILES string of the molecule is O=C(CN1CCCCC1C(=O)O)Nc1c(F)cccc1F. The summed E-state index contributed by atoms with van der Waals surface area (Å²) in [7, 11) is 0. The molecule has 0 saturated carbocycles. The Balaban J connectivity index is 2.02. The standard InChI is InChI=1S/C14H16F2N2O3/c15-9-4-3-5-10(16)13(9)17-12(19)8-18-7-2-1-6-11(18)14(20)21/h3-5,11H,1-2,6-8H2,(H,17,19)(H,20,21). The van der Waals surface area contributed by atoms with Gasteiger partial charge in [-0.2, -0.15) is 0 Å². The number of carbonyl (C=O) groups excluding carboxylic acids is 1. The summed E-state index contributed by atoms with van der Waals surface area (Å²) < 4.78 is 26.9. The fourth-order valence-corrected chi connectivity index (χ4v) is 2.44. The largest absolute Gasteiger partial charge is 0.480 e. The minimum Gasteiger partial charge on any atom is -0.480 e. The number of benzene rings is 1. The summed E-state index contributed by atoms with van der Waals surface area (Å²) in [5.74, 6) is -3.35. The van der Waals surface area contributed by atoms with Gasteiger partial charge in [-0.25, -0.2) is 8.78 Å². The van der Waals surface area contributed by atoms with Gasteiger partial charge in [-0.1, -0.05) is 12.5 Å². The molecular weight excluding hydrogens is 282 g/mol. The van der Waals surface area contributed by atoms with Gasteiger partial charge in [-0.3, -0.25) is 14.5 Å². The van der Waals surface area contributed by atoms with Crippen molar-refractivity contribution >= 4 is 17.6 Å². The second-order valence-corrected chi connectivity index (χ2v) is 4.97. The molecule has 0 aromatic heterocycles. The molecule has 1 amide bonds. The second kappa shape index (κ2) is 6.62. The van der Waals surface area contributed by atoms with Crippen molar-refractivity contribution in [3.63, 3.8) is 0 Å². The Morgan fingerprint density at radius 1 is 1.29 bits per heavy atom. The third-order valence-electron chi connectivity index (χ3n) is 3.47. The molecule has 1 aromatic rings. The molecule has 21 heavy (non-hydrogen) atoms. The topological polar surface area (TPSA) is 69.6 Å². The van der Waals surface area contributed by atoms with Gasteiger partial charge in [0.05, 0.1) is 6.54 Å². The third kappa shape index (κ3) is 3.75. The Hall–Kier alpha value is -2.02. The second-order valence-electron chi connectivity index (χ2n) is 4.97. The Bertz CT molecular complexity index is 531. The molecule has 5 nitrogen and oxygen atoms in total. The number of halogens is 2. The summed E-state index contributed by atoms with van der Waals surface area (Å²) in [5, 5.41) is 11.3. The molecular formula is C14H16F2N2O3. The highest BCUT2D eigenvalue weighted by Gasteiger charge is 2.29. The maximum Gasteiger partial charge on any atom is 0.320 e. The number of piperidine rings is 1. The van der Waals surface area contributed by atoms with Gasteiger partial charge in [0, 0.05) is 0 Å². The summed E-state index contributed by atoms with van der Waals surface area (Å²) in [5.41, 5.74) is -0.508. The van der Waals surface area contributed by atoms with Gasteiger partial charge in [-0.05, 0) is 31.5 Å². The van der Waals surface area contributed by atoms with Crippen LogP contribution in [0.3, 0.4) is 0 Å². The minimum atomic E-state index is -0.987. The number of amides is 1. The summed E-state index contributed by atoms with van der Waals surface area (Å²) in [6.07, 6.45) is 2.05. The summed E-state index contributed by atoms with van der Waals surface area (Å²) in [6.45, 7) is 0.273. The van der Waals surface area contributed by atoms with Crippen molar-refractivity contribution in [1.82, 2.24) is 4.90 Å². The lowest BCUT2D eigenvalue weighted by molar-refractivity contribution is -0.145. The summed E-state index contributed by atoms with van der Waals surface area (Å²) in [6, 6.07) is 2.56. The van der Waals surface area contributed by atoms with E-state index in [9.17, 15) is 18.4 Å². The van der Waals surface area contributed by atoms with E-state index in [0.29, 0.717) is 13.0 Å². The fourth-order valence-electron chi connectivity index (χ4n) is 2.44. The van der Waals surface area contributed by atoms with E-state index >= 15 is 0 Å². The molecule has 0 aliphatic carbocycles. The van der Waals surface area contributed by atoms with Gasteiger partial charge in [-0.15, -0.1) is 0 Å². The Kier molecular flexibility index (Phi) is 4.85. The van der Waals surface area contributed by atoms with Gasteiger partial charge in [0.15, 0.2) is 0 Å². The quantitative estimate of drug-likeness (QED) is 0.890. The molecule has 1 aromatic carbocycles. The lowest BCUT2D eigenvalue weighted by atomic mass is 10.0. The zero-order chi connectivity index (χ0) is 15.4. The number of carboxylic acids is 1. The Labute approximate surface area is 120 Å². The first-order valence-electron chi connectivity index (χ1n) is 6.69. The highest BCUT2D eigenvalue weighted by atomic mass is 19.1. The van der Waals surface area contributed by atoms with E-state index < -0.39 is 35.2 Å². The minimum absolute atomic E-state index is 0.204. The first-order valence-corrected chi connectivity index (χ1v) is 6.69. The van der Waals surface area contributed by atoms with Crippen molar-refractivity contribution < 1.29 is 23.5 Å². The van der Waals surface area contributed by atoms with Crippen LogP contribution in [0.25, 0.3) is 0 Å². The Morgan fingerprint density at radius 2 is 1.95 bits per heavy atom. The number of anilines is 1. The average molecular weight is 298 g/mol. The lowest BCUT2D eigenvalue weighted by Gasteiger charge is -2.32. The van der Waals surface area contributed by atoms with E-state index in [1.54, 1.807) is 0 Å². The zero-order valence-electron chi connectivity index (χ0n) is 11.3. The molecule has 0 bridgehead atoms. The normalized spacial score (nSPS) is 19.2. The first-order chi connectivity index (χ1) is 9.99. The van der Waals surface area contributed by atoms with Crippen LogP contribution in [0.2, 0.25) is 0 Å². The average Bonchev–Trinajstić information content (AvgIpc) is 2.43. The van der Waals surface area contributed by atoms with Gasteiger partial charge in [0.25, 0.3) is 0 Å². The van der Waals surface area contributed by atoms with Crippen molar-refractivity contribution in [2.45, 2.75) is 25.3 Å². The smallest absolute Gasteiger partial charge is 0.320 e. The number of likely N-dealkylation sites (tertiary alicyclic amines) is 1. The molecule has 1 atom stereocenters. The van der Waals surface area contributed by atoms with Crippen LogP contribution < -0.4 is 5.32 Å². The molecule has 1 fully saturated rings. The summed E-state index contributed by atoms with van der Waals surface area (Å²) >= 11 is 0. The van der Waals surface area contributed by atoms with E-state index in [4.69, 9.17) is 5.11 Å². The van der Waals surface area contributed by atoms with Crippen LogP contribution >= 0.6 is 0 Å².